The Kier molecular flexibility index (Phi) is 6.56. The van der Waals surface area contributed by atoms with Crippen molar-refractivity contribution in [1.29, 1.82) is 0 Å². The number of aromatic nitrogens is 2. The Morgan fingerprint density at radius 3 is 2.30 bits per heavy atom. The third kappa shape index (κ3) is 4.96. The lowest BCUT2D eigenvalue weighted by atomic mass is 9.91. The Hall–Kier alpha value is -3.90. The van der Waals surface area contributed by atoms with Gasteiger partial charge in [0.2, 0.25) is 5.91 Å². The molecular formula is C27H27N3O3. The zero-order valence-corrected chi connectivity index (χ0v) is 19.0. The predicted octanol–water partition coefficient (Wildman–Crippen LogP) is 5.23. The molecular weight excluding hydrogens is 414 g/mol. The summed E-state index contributed by atoms with van der Waals surface area (Å²) in [6, 6.07) is 27.8. The molecule has 33 heavy (non-hydrogen) atoms. The summed E-state index contributed by atoms with van der Waals surface area (Å²) in [6.07, 6.45) is 0.101. The third-order valence-electron chi connectivity index (χ3n) is 5.69. The Morgan fingerprint density at radius 1 is 1.03 bits per heavy atom. The molecule has 1 atom stereocenters. The second-order valence-corrected chi connectivity index (χ2v) is 8.02. The summed E-state index contributed by atoms with van der Waals surface area (Å²) in [5.41, 5.74) is 5.71. The van der Waals surface area contributed by atoms with Gasteiger partial charge < -0.3 is 4.74 Å². The van der Waals surface area contributed by atoms with Crippen molar-refractivity contribution >= 4 is 5.91 Å². The molecule has 0 fully saturated rings. The lowest BCUT2D eigenvalue weighted by molar-refractivity contribution is -0.159. The molecule has 0 saturated carbocycles. The van der Waals surface area contributed by atoms with E-state index in [4.69, 9.17) is 9.84 Å². The zero-order valence-electron chi connectivity index (χ0n) is 19.0. The second kappa shape index (κ2) is 9.71. The Labute approximate surface area is 193 Å². The zero-order chi connectivity index (χ0) is 23.4. The molecule has 0 bridgehead atoms. The van der Waals surface area contributed by atoms with Gasteiger partial charge in [0, 0.05) is 24.9 Å². The van der Waals surface area contributed by atoms with E-state index in [9.17, 15) is 10.0 Å². The largest absolute Gasteiger partial charge is 0.497 e. The van der Waals surface area contributed by atoms with Crippen molar-refractivity contribution in [3.8, 4) is 22.7 Å². The molecule has 1 unspecified atom stereocenters. The molecule has 4 aromatic rings. The summed E-state index contributed by atoms with van der Waals surface area (Å²) < 4.78 is 7.20. The highest BCUT2D eigenvalue weighted by Crippen LogP contribution is 2.33. The number of carbonyl (C=O) groups is 1. The van der Waals surface area contributed by atoms with Crippen LogP contribution in [-0.4, -0.2) is 40.1 Å². The maximum Gasteiger partial charge on any atom is 0.246 e. The van der Waals surface area contributed by atoms with Crippen molar-refractivity contribution in [1.82, 2.24) is 14.8 Å². The Bertz CT molecular complexity index is 1210. The second-order valence-electron chi connectivity index (χ2n) is 8.02. The number of nitrogens with zero attached hydrogens (tertiary/aromatic N) is 3. The number of hydrogen-bond donors (Lipinski definition) is 1. The van der Waals surface area contributed by atoms with Crippen LogP contribution in [0.4, 0.5) is 0 Å². The molecule has 0 aliphatic rings. The van der Waals surface area contributed by atoms with E-state index in [1.54, 1.807) is 7.11 Å². The summed E-state index contributed by atoms with van der Waals surface area (Å²) in [6.45, 7) is 2.05. The minimum atomic E-state index is -0.375. The molecule has 4 rings (SSSR count). The molecule has 3 aromatic carbocycles. The van der Waals surface area contributed by atoms with E-state index in [-0.39, 0.29) is 18.2 Å². The van der Waals surface area contributed by atoms with E-state index in [2.05, 4.69) is 31.2 Å². The van der Waals surface area contributed by atoms with Crippen molar-refractivity contribution in [2.24, 2.45) is 0 Å². The van der Waals surface area contributed by atoms with Crippen molar-refractivity contribution in [2.45, 2.75) is 19.3 Å². The highest BCUT2D eigenvalue weighted by molar-refractivity contribution is 5.76. The quantitative estimate of drug-likeness (QED) is 0.315. The van der Waals surface area contributed by atoms with Gasteiger partial charge in [-0.2, -0.15) is 5.10 Å². The van der Waals surface area contributed by atoms with Crippen LogP contribution >= 0.6 is 0 Å². The number of hydroxylamine groups is 2. The predicted molar refractivity (Wildman–Crippen MR) is 128 cm³/mol. The van der Waals surface area contributed by atoms with Crippen LogP contribution in [0.1, 0.15) is 29.2 Å². The van der Waals surface area contributed by atoms with Crippen LogP contribution in [-0.2, 0) is 4.79 Å². The standard InChI is InChI=1S/C27H27N3O3/c1-19-9-11-21(12-10-19)26-18-25(28-30(26)22-13-15-23(33-3)16-14-22)24(17-27(31)29(2)32)20-7-5-4-6-8-20/h4-16,18,24,32H,17H2,1-3H3. The van der Waals surface area contributed by atoms with Crippen molar-refractivity contribution < 1.29 is 14.7 Å². The fourth-order valence-electron chi connectivity index (χ4n) is 3.81. The number of hydrogen-bond acceptors (Lipinski definition) is 4. The van der Waals surface area contributed by atoms with Gasteiger partial charge in [-0.15, -0.1) is 0 Å². The number of aryl methyl sites for hydroxylation is 1. The molecule has 1 amide bonds. The molecule has 1 N–H and O–H groups in total. The van der Waals surface area contributed by atoms with Gasteiger partial charge in [-0.05, 0) is 42.8 Å². The Morgan fingerprint density at radius 2 is 1.70 bits per heavy atom. The smallest absolute Gasteiger partial charge is 0.246 e. The highest BCUT2D eigenvalue weighted by Gasteiger charge is 2.24. The summed E-state index contributed by atoms with van der Waals surface area (Å²) in [7, 11) is 2.98. The molecule has 6 heteroatoms. The van der Waals surface area contributed by atoms with Crippen LogP contribution in [0.5, 0.6) is 5.75 Å². The van der Waals surface area contributed by atoms with Gasteiger partial charge in [0.25, 0.3) is 0 Å². The van der Waals surface area contributed by atoms with Crippen LogP contribution in [0.2, 0.25) is 0 Å². The summed E-state index contributed by atoms with van der Waals surface area (Å²) in [4.78, 5) is 12.5. The minimum Gasteiger partial charge on any atom is -0.497 e. The van der Waals surface area contributed by atoms with Crippen molar-refractivity contribution in [3.63, 3.8) is 0 Å². The topological polar surface area (TPSA) is 67.6 Å². The summed E-state index contributed by atoms with van der Waals surface area (Å²) >= 11 is 0. The SMILES string of the molecule is COc1ccc(-n2nc(C(CC(=O)N(C)O)c3ccccc3)cc2-c2ccc(C)cc2)cc1. The molecule has 0 saturated heterocycles. The molecule has 1 heterocycles. The van der Waals surface area contributed by atoms with Gasteiger partial charge in [-0.25, -0.2) is 9.75 Å². The number of ether oxygens (including phenoxy) is 1. The third-order valence-corrected chi connectivity index (χ3v) is 5.69. The first-order valence-electron chi connectivity index (χ1n) is 10.8. The molecule has 168 valence electrons. The van der Waals surface area contributed by atoms with Crippen molar-refractivity contribution in [3.05, 3.63) is 102 Å². The lowest BCUT2D eigenvalue weighted by Crippen LogP contribution is -2.24. The monoisotopic (exact) mass is 441 g/mol. The molecule has 6 nitrogen and oxygen atoms in total. The van der Waals surface area contributed by atoms with E-state index in [1.807, 2.05) is 65.3 Å². The van der Waals surface area contributed by atoms with E-state index in [0.717, 1.165) is 34.0 Å². The Balaban J connectivity index is 1.85. The van der Waals surface area contributed by atoms with Crippen LogP contribution in [0, 0.1) is 6.92 Å². The first-order valence-corrected chi connectivity index (χ1v) is 10.8. The average molecular weight is 442 g/mol. The molecule has 0 aliphatic heterocycles. The summed E-state index contributed by atoms with van der Waals surface area (Å²) in [5.74, 6) is 0.0819. The molecule has 1 aromatic heterocycles. The number of carbonyl (C=O) groups excluding carboxylic acids is 1. The van der Waals surface area contributed by atoms with Crippen molar-refractivity contribution in [2.75, 3.05) is 14.2 Å². The maximum atomic E-state index is 12.5. The minimum absolute atomic E-state index is 0.101. The van der Waals surface area contributed by atoms with Crippen LogP contribution < -0.4 is 4.74 Å². The van der Waals surface area contributed by atoms with E-state index >= 15 is 0 Å². The van der Waals surface area contributed by atoms with Crippen LogP contribution in [0.25, 0.3) is 16.9 Å². The van der Waals surface area contributed by atoms with Crippen LogP contribution in [0.15, 0.2) is 84.9 Å². The normalized spacial score (nSPS) is 11.8. The van der Waals surface area contributed by atoms with Crippen LogP contribution in [0.3, 0.4) is 0 Å². The lowest BCUT2D eigenvalue weighted by Gasteiger charge is -2.17. The molecule has 0 aliphatic carbocycles. The highest BCUT2D eigenvalue weighted by atomic mass is 16.5. The molecule has 0 spiro atoms. The van der Waals surface area contributed by atoms with E-state index in [1.165, 1.54) is 12.6 Å². The van der Waals surface area contributed by atoms with Gasteiger partial charge in [0.05, 0.1) is 24.2 Å². The van der Waals surface area contributed by atoms with Gasteiger partial charge in [-0.3, -0.25) is 10.0 Å². The first-order chi connectivity index (χ1) is 16.0. The van der Waals surface area contributed by atoms with Gasteiger partial charge in [0.15, 0.2) is 0 Å². The van der Waals surface area contributed by atoms with Gasteiger partial charge in [0.1, 0.15) is 5.75 Å². The summed E-state index contributed by atoms with van der Waals surface area (Å²) in [5, 5.41) is 15.3. The fraction of sp³-hybridized carbons (Fsp3) is 0.185. The number of amides is 1. The van der Waals surface area contributed by atoms with E-state index in [0.29, 0.717) is 5.06 Å². The average Bonchev–Trinajstić information content (AvgIpc) is 3.28. The number of methoxy groups -OCH3 is 1. The maximum absolute atomic E-state index is 12.5. The number of rotatable bonds is 7. The molecule has 0 radical (unpaired) electrons. The fourth-order valence-corrected chi connectivity index (χ4v) is 3.81. The number of benzene rings is 3. The van der Waals surface area contributed by atoms with E-state index < -0.39 is 0 Å². The first kappa shape index (κ1) is 22.3. The van der Waals surface area contributed by atoms with Gasteiger partial charge in [-0.1, -0.05) is 60.2 Å². The van der Waals surface area contributed by atoms with Gasteiger partial charge >= 0.3 is 0 Å².